The molecule has 0 radical (unpaired) electrons. The molecule has 0 aliphatic carbocycles. The van der Waals surface area contributed by atoms with Crippen LogP contribution in [0.3, 0.4) is 0 Å². The topological polar surface area (TPSA) is 63.9 Å². The number of alkyl halides is 3. The lowest BCUT2D eigenvalue weighted by atomic mass is 10.2. The van der Waals surface area contributed by atoms with Gasteiger partial charge in [-0.15, -0.1) is 0 Å². The second-order valence-electron chi connectivity index (χ2n) is 6.88. The number of ether oxygens (including phenoxy) is 1. The van der Waals surface area contributed by atoms with E-state index >= 15 is 0 Å². The smallest absolute Gasteiger partial charge is 0.416 e. The molecule has 2 rings (SSSR count). The van der Waals surface area contributed by atoms with E-state index in [0.717, 1.165) is 12.1 Å². The van der Waals surface area contributed by atoms with Gasteiger partial charge >= 0.3 is 12.1 Å². The van der Waals surface area contributed by atoms with Gasteiger partial charge in [0.25, 0.3) is 0 Å². The van der Waals surface area contributed by atoms with Crippen LogP contribution in [0.15, 0.2) is 58.7 Å². The molecule has 0 N–H and O–H groups in total. The zero-order valence-corrected chi connectivity index (χ0v) is 16.1. The summed E-state index contributed by atoms with van der Waals surface area (Å²) >= 11 is 0. The molecule has 1 aromatic heterocycles. The Bertz CT molecular complexity index is 943. The Kier molecular flexibility index (Phi) is 7.03. The lowest BCUT2D eigenvalue weighted by Crippen LogP contribution is -2.22. The molecule has 0 bridgehead atoms. The highest BCUT2D eigenvalue weighted by Gasteiger charge is 2.30. The highest BCUT2D eigenvalue weighted by molar-refractivity contribution is 6.17. The summed E-state index contributed by atoms with van der Waals surface area (Å²) in [4.78, 5) is 24.1. The number of hydrogen-bond donors (Lipinski definition) is 0. The third-order valence-electron chi connectivity index (χ3n) is 3.28. The molecule has 5 nitrogen and oxygen atoms in total. The van der Waals surface area contributed by atoms with Gasteiger partial charge in [0.05, 0.1) is 22.6 Å². The lowest BCUT2D eigenvalue weighted by Gasteiger charge is -2.17. The van der Waals surface area contributed by atoms with Crippen LogP contribution in [0, 0.1) is 0 Å². The van der Waals surface area contributed by atoms with Crippen LogP contribution < -0.4 is 0 Å². The van der Waals surface area contributed by atoms with Crippen LogP contribution in [0.4, 0.5) is 24.5 Å². The van der Waals surface area contributed by atoms with Crippen molar-refractivity contribution in [1.82, 2.24) is 4.98 Å². The van der Waals surface area contributed by atoms with Crippen molar-refractivity contribution in [3.05, 3.63) is 59.9 Å². The second-order valence-corrected chi connectivity index (χ2v) is 6.88. The van der Waals surface area contributed by atoms with Crippen molar-refractivity contribution in [2.45, 2.75) is 32.5 Å². The van der Waals surface area contributed by atoms with Crippen molar-refractivity contribution >= 4 is 35.8 Å². The van der Waals surface area contributed by atoms with Crippen LogP contribution in [-0.2, 0) is 15.7 Å². The van der Waals surface area contributed by atoms with Gasteiger partial charge in [0.1, 0.15) is 5.60 Å². The number of halogens is 3. The van der Waals surface area contributed by atoms with Crippen LogP contribution in [0.2, 0.25) is 0 Å². The molecule has 29 heavy (non-hydrogen) atoms. The van der Waals surface area contributed by atoms with Gasteiger partial charge in [-0.1, -0.05) is 6.07 Å². The summed E-state index contributed by atoms with van der Waals surface area (Å²) in [6, 6.07) is 8.01. The third kappa shape index (κ3) is 7.69. The normalized spacial score (nSPS) is 12.9. The predicted octanol–water partition coefficient (Wildman–Crippen LogP) is 5.56. The number of rotatable bonds is 5. The number of hydrogen-bond acceptors (Lipinski definition) is 5. The molecule has 0 spiro atoms. The molecule has 2 aromatic rings. The molecule has 0 saturated carbocycles. The number of nitrogens with zero attached hydrogens (tertiary/aromatic N) is 3. The van der Waals surface area contributed by atoms with Crippen LogP contribution in [0.25, 0.3) is 6.08 Å². The van der Waals surface area contributed by atoms with Gasteiger partial charge in [-0.2, -0.15) is 13.2 Å². The number of esters is 1. The van der Waals surface area contributed by atoms with E-state index in [4.69, 9.17) is 4.74 Å². The summed E-state index contributed by atoms with van der Waals surface area (Å²) in [6.45, 7) is 5.29. The van der Waals surface area contributed by atoms with Crippen molar-refractivity contribution in [1.29, 1.82) is 0 Å². The maximum Gasteiger partial charge on any atom is 0.416 e. The summed E-state index contributed by atoms with van der Waals surface area (Å²) in [5.41, 5.74) is -0.329. The molecule has 0 aliphatic heterocycles. The summed E-state index contributed by atoms with van der Waals surface area (Å²) < 4.78 is 43.3. The first-order chi connectivity index (χ1) is 13.5. The summed E-state index contributed by atoms with van der Waals surface area (Å²) in [5, 5.41) is 0. The largest absolute Gasteiger partial charge is 0.457 e. The first-order valence-electron chi connectivity index (χ1n) is 8.65. The van der Waals surface area contributed by atoms with E-state index < -0.39 is 23.3 Å². The van der Waals surface area contributed by atoms with Crippen molar-refractivity contribution in [2.75, 3.05) is 0 Å². The zero-order chi connectivity index (χ0) is 21.5. The molecule has 0 aliphatic rings. The Morgan fingerprint density at radius 3 is 2.48 bits per heavy atom. The molecule has 1 heterocycles. The zero-order valence-electron chi connectivity index (χ0n) is 16.1. The average molecular weight is 403 g/mol. The highest BCUT2D eigenvalue weighted by atomic mass is 19.4. The van der Waals surface area contributed by atoms with Gasteiger partial charge < -0.3 is 4.74 Å². The van der Waals surface area contributed by atoms with E-state index in [1.165, 1.54) is 36.7 Å². The van der Waals surface area contributed by atoms with Crippen LogP contribution in [0.1, 0.15) is 32.0 Å². The molecule has 1 aromatic carbocycles. The Morgan fingerprint density at radius 1 is 1.07 bits per heavy atom. The van der Waals surface area contributed by atoms with E-state index in [1.54, 1.807) is 39.1 Å². The molecule has 8 heteroatoms. The molecule has 0 amide bonds. The Balaban J connectivity index is 2.10. The molecule has 0 saturated heterocycles. The van der Waals surface area contributed by atoms with Gasteiger partial charge in [-0.3, -0.25) is 15.0 Å². The fourth-order valence-corrected chi connectivity index (χ4v) is 2.12. The van der Waals surface area contributed by atoms with Crippen molar-refractivity contribution in [2.24, 2.45) is 9.98 Å². The van der Waals surface area contributed by atoms with Gasteiger partial charge in [0.2, 0.25) is 0 Å². The van der Waals surface area contributed by atoms with E-state index in [0.29, 0.717) is 11.4 Å². The SMILES string of the molecule is CC(C)(C)OC(=O)C=Cc1ncccc1N=CC=Nc1cccc(C(F)(F)F)c1. The van der Waals surface area contributed by atoms with Crippen LogP contribution in [-0.4, -0.2) is 29.0 Å². The van der Waals surface area contributed by atoms with E-state index in [2.05, 4.69) is 15.0 Å². The second kappa shape index (κ2) is 9.27. The van der Waals surface area contributed by atoms with Gasteiger partial charge in [-0.25, -0.2) is 4.79 Å². The molecule has 0 fully saturated rings. The minimum Gasteiger partial charge on any atom is -0.457 e. The highest BCUT2D eigenvalue weighted by Crippen LogP contribution is 2.31. The minimum atomic E-state index is -4.43. The Hall–Kier alpha value is -3.29. The quantitative estimate of drug-likeness (QED) is 0.373. The van der Waals surface area contributed by atoms with Crippen LogP contribution >= 0.6 is 0 Å². The average Bonchev–Trinajstić information content (AvgIpc) is 2.62. The lowest BCUT2D eigenvalue weighted by molar-refractivity contribution is -0.148. The number of carbonyl (C=O) groups excluding carboxylic acids is 1. The maximum atomic E-state index is 12.7. The first-order valence-corrected chi connectivity index (χ1v) is 8.65. The number of aliphatic imine (C=N–C) groups is 2. The number of pyridine rings is 1. The van der Waals surface area contributed by atoms with E-state index in [1.807, 2.05) is 0 Å². The summed E-state index contributed by atoms with van der Waals surface area (Å²) in [5.74, 6) is -0.510. The summed E-state index contributed by atoms with van der Waals surface area (Å²) in [6.07, 6.45) is 2.47. The van der Waals surface area contributed by atoms with E-state index in [9.17, 15) is 18.0 Å². The molecular weight excluding hydrogens is 383 g/mol. The first kappa shape index (κ1) is 22.0. The summed E-state index contributed by atoms with van der Waals surface area (Å²) in [7, 11) is 0. The van der Waals surface area contributed by atoms with Crippen molar-refractivity contribution in [3.63, 3.8) is 0 Å². The monoisotopic (exact) mass is 403 g/mol. The standard InChI is InChI=1S/C21H20F3N3O2/c1-20(2,3)29-19(28)10-9-18-17(8-5-11-26-18)27-13-12-25-16-7-4-6-15(14-16)21(22,23)24/h4-14H,1-3H3. The van der Waals surface area contributed by atoms with Crippen molar-refractivity contribution in [3.8, 4) is 0 Å². The maximum absolute atomic E-state index is 12.7. The number of aromatic nitrogens is 1. The third-order valence-corrected chi connectivity index (χ3v) is 3.28. The van der Waals surface area contributed by atoms with Gasteiger partial charge in [0.15, 0.2) is 0 Å². The fraction of sp³-hybridized carbons (Fsp3) is 0.238. The fourth-order valence-electron chi connectivity index (χ4n) is 2.12. The van der Waals surface area contributed by atoms with Crippen molar-refractivity contribution < 1.29 is 22.7 Å². The molecule has 152 valence electrons. The molecule has 0 unspecified atom stereocenters. The van der Waals surface area contributed by atoms with E-state index in [-0.39, 0.29) is 5.69 Å². The van der Waals surface area contributed by atoms with Crippen LogP contribution in [0.5, 0.6) is 0 Å². The minimum absolute atomic E-state index is 0.155. The number of carbonyl (C=O) groups is 1. The molecule has 0 atom stereocenters. The predicted molar refractivity (Wildman–Crippen MR) is 107 cm³/mol. The molecular formula is C21H20F3N3O2. The Morgan fingerprint density at radius 2 is 1.79 bits per heavy atom. The van der Waals surface area contributed by atoms with Gasteiger partial charge in [0, 0.05) is 24.7 Å². The number of benzene rings is 1. The van der Waals surface area contributed by atoms with Gasteiger partial charge in [-0.05, 0) is 57.2 Å². The Labute approximate surface area is 166 Å².